The van der Waals surface area contributed by atoms with Crippen molar-refractivity contribution in [3.8, 4) is 17.3 Å². The summed E-state index contributed by atoms with van der Waals surface area (Å²) in [7, 11) is 0. The van der Waals surface area contributed by atoms with Crippen molar-refractivity contribution in [3.63, 3.8) is 0 Å². The van der Waals surface area contributed by atoms with Crippen LogP contribution in [0.3, 0.4) is 0 Å². The van der Waals surface area contributed by atoms with E-state index in [2.05, 4.69) is 45.6 Å². The molecule has 0 saturated carbocycles. The first-order valence-corrected chi connectivity index (χ1v) is 10.5. The number of hydrogen-bond donors (Lipinski definition) is 3. The molecule has 0 amide bonds. The molecule has 9 heteroatoms. The van der Waals surface area contributed by atoms with Crippen LogP contribution in [0.25, 0.3) is 11.3 Å². The number of halogens is 1. The molecule has 4 rings (SSSR count). The SMILES string of the molecule is CC(C)Cn1nc(Cl)cc1Nc1nccc(-c2cc(C#N)c3c(c2)[C@@](C)(CO)CN3)n1. The van der Waals surface area contributed by atoms with Crippen LogP contribution in [0.2, 0.25) is 5.15 Å². The third-order valence-corrected chi connectivity index (χ3v) is 5.58. The van der Waals surface area contributed by atoms with Gasteiger partial charge in [-0.05, 0) is 29.7 Å². The van der Waals surface area contributed by atoms with Gasteiger partial charge in [-0.15, -0.1) is 0 Å². The highest BCUT2D eigenvalue weighted by molar-refractivity contribution is 6.29. The Bertz CT molecular complexity index is 1170. The van der Waals surface area contributed by atoms with Gasteiger partial charge < -0.3 is 15.7 Å². The fraction of sp³-hybridized carbons (Fsp3) is 0.364. The minimum atomic E-state index is -0.453. The lowest BCUT2D eigenvalue weighted by atomic mass is 9.83. The van der Waals surface area contributed by atoms with Crippen LogP contribution in [0, 0.1) is 17.2 Å². The number of hydrogen-bond acceptors (Lipinski definition) is 7. The number of nitriles is 1. The monoisotopic (exact) mass is 437 g/mol. The number of aliphatic hydroxyl groups is 1. The topological polar surface area (TPSA) is 112 Å². The van der Waals surface area contributed by atoms with Crippen molar-refractivity contribution < 1.29 is 5.11 Å². The van der Waals surface area contributed by atoms with Crippen molar-refractivity contribution in [1.29, 1.82) is 5.26 Å². The molecule has 160 valence electrons. The zero-order valence-electron chi connectivity index (χ0n) is 17.6. The molecular weight excluding hydrogens is 414 g/mol. The molecular formula is C22H24ClN7O. The molecule has 0 radical (unpaired) electrons. The Morgan fingerprint density at radius 2 is 2.19 bits per heavy atom. The van der Waals surface area contributed by atoms with Gasteiger partial charge in [0.2, 0.25) is 5.95 Å². The maximum Gasteiger partial charge on any atom is 0.228 e. The lowest BCUT2D eigenvalue weighted by Crippen LogP contribution is -2.28. The Labute approximate surface area is 185 Å². The first-order chi connectivity index (χ1) is 14.8. The molecule has 0 unspecified atom stereocenters. The highest BCUT2D eigenvalue weighted by Gasteiger charge is 2.35. The predicted octanol–water partition coefficient (Wildman–Crippen LogP) is 3.94. The minimum absolute atomic E-state index is 0.0154. The second-order valence-electron chi connectivity index (χ2n) is 8.45. The summed E-state index contributed by atoms with van der Waals surface area (Å²) in [5.74, 6) is 1.51. The highest BCUT2D eigenvalue weighted by atomic mass is 35.5. The van der Waals surface area contributed by atoms with E-state index in [9.17, 15) is 10.4 Å². The Kier molecular flexibility index (Phi) is 5.56. The number of aromatic nitrogens is 4. The summed E-state index contributed by atoms with van der Waals surface area (Å²) in [4.78, 5) is 8.97. The van der Waals surface area contributed by atoms with E-state index in [1.54, 1.807) is 29.1 Å². The number of anilines is 3. The molecule has 1 atom stereocenters. The van der Waals surface area contributed by atoms with E-state index < -0.39 is 5.41 Å². The van der Waals surface area contributed by atoms with Crippen molar-refractivity contribution in [2.24, 2.45) is 5.92 Å². The average molecular weight is 438 g/mol. The quantitative estimate of drug-likeness (QED) is 0.535. The van der Waals surface area contributed by atoms with Gasteiger partial charge >= 0.3 is 0 Å². The molecule has 0 aliphatic carbocycles. The standard InChI is InChI=1S/C22H24ClN7O/c1-13(2)10-30-19(8-18(23)29-30)28-21-25-5-4-17(27-21)14-6-15(9-24)20-16(7-14)22(3,12-31)11-26-20/h4-8,13,26,31H,10-12H2,1-3H3,(H,25,27,28)/t22-/m1/s1. The second kappa shape index (κ2) is 8.17. The summed E-state index contributed by atoms with van der Waals surface area (Å²) in [6.07, 6.45) is 1.66. The fourth-order valence-corrected chi connectivity index (χ4v) is 3.92. The van der Waals surface area contributed by atoms with Gasteiger partial charge in [-0.1, -0.05) is 32.4 Å². The Morgan fingerprint density at radius 1 is 1.39 bits per heavy atom. The van der Waals surface area contributed by atoms with E-state index in [4.69, 9.17) is 11.6 Å². The summed E-state index contributed by atoms with van der Waals surface area (Å²) in [5, 5.41) is 30.7. The van der Waals surface area contributed by atoms with Gasteiger partial charge in [0.1, 0.15) is 11.9 Å². The number of fused-ring (bicyclic) bond motifs is 1. The zero-order valence-corrected chi connectivity index (χ0v) is 18.4. The Morgan fingerprint density at radius 3 is 2.90 bits per heavy atom. The predicted molar refractivity (Wildman–Crippen MR) is 120 cm³/mol. The molecule has 3 aromatic rings. The average Bonchev–Trinajstić information content (AvgIpc) is 3.26. The molecule has 0 spiro atoms. The van der Waals surface area contributed by atoms with E-state index in [0.717, 1.165) is 16.8 Å². The molecule has 2 aromatic heterocycles. The van der Waals surface area contributed by atoms with Gasteiger partial charge in [0, 0.05) is 36.3 Å². The van der Waals surface area contributed by atoms with Crippen LogP contribution in [0.15, 0.2) is 30.5 Å². The number of benzene rings is 1. The van der Waals surface area contributed by atoms with Crippen LogP contribution in [-0.4, -0.2) is 38.0 Å². The molecule has 1 aromatic carbocycles. The van der Waals surface area contributed by atoms with Gasteiger partial charge in [0.25, 0.3) is 0 Å². The molecule has 3 N–H and O–H groups in total. The first kappa shape index (κ1) is 21.1. The summed E-state index contributed by atoms with van der Waals surface area (Å²) in [5.41, 5.74) is 3.23. The highest BCUT2D eigenvalue weighted by Crippen LogP contribution is 2.41. The zero-order chi connectivity index (χ0) is 22.2. The maximum absolute atomic E-state index is 9.92. The Hall–Kier alpha value is -3.15. The number of nitrogens with zero attached hydrogens (tertiary/aromatic N) is 5. The largest absolute Gasteiger partial charge is 0.395 e. The number of aliphatic hydroxyl groups excluding tert-OH is 1. The molecule has 31 heavy (non-hydrogen) atoms. The third-order valence-electron chi connectivity index (χ3n) is 5.39. The molecule has 8 nitrogen and oxygen atoms in total. The van der Waals surface area contributed by atoms with Gasteiger partial charge in [0.05, 0.1) is 23.6 Å². The van der Waals surface area contributed by atoms with Crippen LogP contribution >= 0.6 is 11.6 Å². The van der Waals surface area contributed by atoms with E-state index in [1.807, 2.05) is 13.0 Å². The fourth-order valence-electron chi connectivity index (χ4n) is 3.73. The van der Waals surface area contributed by atoms with E-state index in [0.29, 0.717) is 47.2 Å². The van der Waals surface area contributed by atoms with Gasteiger partial charge in [-0.25, -0.2) is 14.6 Å². The van der Waals surface area contributed by atoms with Crippen molar-refractivity contribution in [2.45, 2.75) is 32.7 Å². The van der Waals surface area contributed by atoms with Crippen molar-refractivity contribution in [2.75, 3.05) is 23.8 Å². The van der Waals surface area contributed by atoms with Crippen molar-refractivity contribution >= 4 is 29.1 Å². The van der Waals surface area contributed by atoms with Crippen LogP contribution < -0.4 is 10.6 Å². The molecule has 0 bridgehead atoms. The first-order valence-electron chi connectivity index (χ1n) is 10.1. The normalized spacial score (nSPS) is 17.3. The lowest BCUT2D eigenvalue weighted by Gasteiger charge is -2.21. The molecule has 0 fully saturated rings. The molecule has 0 saturated heterocycles. The van der Waals surface area contributed by atoms with Gasteiger partial charge in [-0.3, -0.25) is 0 Å². The van der Waals surface area contributed by atoms with Crippen molar-refractivity contribution in [3.05, 3.63) is 46.7 Å². The number of rotatable bonds is 6. The summed E-state index contributed by atoms with van der Waals surface area (Å²) in [6, 6.07) is 9.58. The van der Waals surface area contributed by atoms with Crippen LogP contribution in [-0.2, 0) is 12.0 Å². The summed E-state index contributed by atoms with van der Waals surface area (Å²) >= 11 is 6.10. The smallest absolute Gasteiger partial charge is 0.228 e. The minimum Gasteiger partial charge on any atom is -0.395 e. The van der Waals surface area contributed by atoms with Crippen molar-refractivity contribution in [1.82, 2.24) is 19.7 Å². The maximum atomic E-state index is 9.92. The van der Waals surface area contributed by atoms with Crippen LogP contribution in [0.1, 0.15) is 31.9 Å². The second-order valence-corrected chi connectivity index (χ2v) is 8.84. The van der Waals surface area contributed by atoms with Crippen LogP contribution in [0.5, 0.6) is 0 Å². The Balaban J connectivity index is 1.70. The van der Waals surface area contributed by atoms with E-state index in [1.165, 1.54) is 0 Å². The molecule has 1 aliphatic rings. The number of nitrogens with one attached hydrogen (secondary N) is 2. The van der Waals surface area contributed by atoms with E-state index >= 15 is 0 Å². The molecule has 1 aliphatic heterocycles. The summed E-state index contributed by atoms with van der Waals surface area (Å²) < 4.78 is 1.80. The van der Waals surface area contributed by atoms with E-state index in [-0.39, 0.29) is 6.61 Å². The van der Waals surface area contributed by atoms with Gasteiger partial charge in [0.15, 0.2) is 5.15 Å². The third kappa shape index (κ3) is 4.07. The van der Waals surface area contributed by atoms with Gasteiger partial charge in [-0.2, -0.15) is 10.4 Å². The molecule has 3 heterocycles. The summed E-state index contributed by atoms with van der Waals surface area (Å²) in [6.45, 7) is 7.45. The lowest BCUT2D eigenvalue weighted by molar-refractivity contribution is 0.219. The van der Waals surface area contributed by atoms with Crippen LogP contribution in [0.4, 0.5) is 17.5 Å².